The third kappa shape index (κ3) is 4.75. The molecular weight excluding hydrogens is 490 g/mol. The van der Waals surface area contributed by atoms with Gasteiger partial charge < -0.3 is 24.3 Å². The zero-order valence-corrected chi connectivity index (χ0v) is 22.3. The molecule has 0 radical (unpaired) electrons. The summed E-state index contributed by atoms with van der Waals surface area (Å²) in [5.41, 5.74) is 2.70. The molecule has 0 amide bonds. The molecule has 1 N–H and O–H groups in total. The summed E-state index contributed by atoms with van der Waals surface area (Å²) in [5, 5.41) is 5.39. The molecule has 196 valence electrons. The normalized spacial score (nSPS) is 23.9. The number of methoxy groups -OCH3 is 3. The maximum Gasteiger partial charge on any atom is 0.316 e. The van der Waals surface area contributed by atoms with Crippen molar-refractivity contribution in [2.45, 2.75) is 56.5 Å². The SMILES string of the molecule is C=C1NC2=C(C(=O)CC(c3cccs3)C2)C(c2cc(OC)c(OC)c(OC)c2)C1C(=O)OC1CCCC1. The molecular formula is C29H33NO6S. The van der Waals surface area contributed by atoms with E-state index in [1.807, 2.05) is 23.6 Å². The Hall–Kier alpha value is -3.26. The molecule has 1 aromatic carbocycles. The number of carbonyl (C=O) groups is 2. The molecule has 3 unspecified atom stereocenters. The van der Waals surface area contributed by atoms with Crippen molar-refractivity contribution in [3.05, 3.63) is 63.6 Å². The Kier molecular flexibility index (Phi) is 7.29. The van der Waals surface area contributed by atoms with Gasteiger partial charge in [-0.2, -0.15) is 0 Å². The van der Waals surface area contributed by atoms with Crippen LogP contribution in [0.2, 0.25) is 0 Å². The molecule has 3 atom stereocenters. The number of nitrogens with one attached hydrogen (secondary N) is 1. The lowest BCUT2D eigenvalue weighted by molar-refractivity contribution is -0.153. The predicted molar refractivity (Wildman–Crippen MR) is 141 cm³/mol. The third-order valence-corrected chi connectivity index (χ3v) is 8.70. The quantitative estimate of drug-likeness (QED) is 0.482. The molecule has 8 heteroatoms. The van der Waals surface area contributed by atoms with Gasteiger partial charge in [0.05, 0.1) is 21.3 Å². The van der Waals surface area contributed by atoms with Crippen molar-refractivity contribution in [2.24, 2.45) is 5.92 Å². The van der Waals surface area contributed by atoms with Gasteiger partial charge in [-0.15, -0.1) is 11.3 Å². The van der Waals surface area contributed by atoms with Crippen molar-refractivity contribution >= 4 is 23.1 Å². The van der Waals surface area contributed by atoms with Gasteiger partial charge in [-0.25, -0.2) is 0 Å². The number of Topliss-reactive ketones (excluding diaryl/α,β-unsaturated/α-hetero) is 1. The van der Waals surface area contributed by atoms with Gasteiger partial charge in [-0.1, -0.05) is 12.6 Å². The molecule has 1 fully saturated rings. The summed E-state index contributed by atoms with van der Waals surface area (Å²) in [6.07, 6.45) is 4.80. The lowest BCUT2D eigenvalue weighted by atomic mass is 9.69. The van der Waals surface area contributed by atoms with E-state index in [2.05, 4.69) is 18.0 Å². The number of esters is 1. The molecule has 37 heavy (non-hydrogen) atoms. The lowest BCUT2D eigenvalue weighted by Gasteiger charge is -2.40. The van der Waals surface area contributed by atoms with Gasteiger partial charge in [-0.05, 0) is 61.2 Å². The first-order valence-corrected chi connectivity index (χ1v) is 13.6. The Morgan fingerprint density at radius 2 is 1.76 bits per heavy atom. The summed E-state index contributed by atoms with van der Waals surface area (Å²) in [6.45, 7) is 4.25. The van der Waals surface area contributed by atoms with Crippen LogP contribution in [0.5, 0.6) is 17.2 Å². The minimum Gasteiger partial charge on any atom is -0.493 e. The number of hydrogen-bond donors (Lipinski definition) is 1. The van der Waals surface area contributed by atoms with Gasteiger partial charge >= 0.3 is 5.97 Å². The van der Waals surface area contributed by atoms with Crippen LogP contribution in [0.25, 0.3) is 0 Å². The van der Waals surface area contributed by atoms with Crippen molar-refractivity contribution in [3.63, 3.8) is 0 Å². The van der Waals surface area contributed by atoms with Crippen LogP contribution >= 0.6 is 11.3 Å². The highest BCUT2D eigenvalue weighted by atomic mass is 32.1. The molecule has 5 rings (SSSR count). The predicted octanol–water partition coefficient (Wildman–Crippen LogP) is 5.48. The van der Waals surface area contributed by atoms with E-state index < -0.39 is 11.8 Å². The minimum atomic E-state index is -0.760. The highest BCUT2D eigenvalue weighted by molar-refractivity contribution is 7.10. The topological polar surface area (TPSA) is 83.1 Å². The molecule has 1 aliphatic heterocycles. The fourth-order valence-corrected chi connectivity index (χ4v) is 6.77. The van der Waals surface area contributed by atoms with E-state index in [-0.39, 0.29) is 23.8 Å². The maximum atomic E-state index is 13.8. The zero-order valence-electron chi connectivity index (χ0n) is 21.5. The Morgan fingerprint density at radius 3 is 2.35 bits per heavy atom. The average Bonchev–Trinajstić information content (AvgIpc) is 3.61. The van der Waals surface area contributed by atoms with Crippen LogP contribution < -0.4 is 19.5 Å². The van der Waals surface area contributed by atoms with Crippen molar-refractivity contribution < 1.29 is 28.5 Å². The fraction of sp³-hybridized carbons (Fsp3) is 0.448. The van der Waals surface area contributed by atoms with Gasteiger partial charge in [0.15, 0.2) is 17.3 Å². The van der Waals surface area contributed by atoms with Gasteiger partial charge in [0.2, 0.25) is 5.75 Å². The van der Waals surface area contributed by atoms with Crippen LogP contribution in [-0.2, 0) is 14.3 Å². The van der Waals surface area contributed by atoms with Crippen LogP contribution in [0, 0.1) is 5.92 Å². The van der Waals surface area contributed by atoms with Gasteiger partial charge in [-0.3, -0.25) is 9.59 Å². The smallest absolute Gasteiger partial charge is 0.316 e. The first-order valence-electron chi connectivity index (χ1n) is 12.7. The van der Waals surface area contributed by atoms with Gasteiger partial charge in [0.25, 0.3) is 0 Å². The number of thiophene rings is 1. The second kappa shape index (κ2) is 10.6. The van der Waals surface area contributed by atoms with E-state index in [0.717, 1.165) is 36.9 Å². The monoisotopic (exact) mass is 523 g/mol. The number of hydrogen-bond acceptors (Lipinski definition) is 8. The van der Waals surface area contributed by atoms with Crippen molar-refractivity contribution in [1.82, 2.24) is 5.32 Å². The molecule has 1 saturated carbocycles. The van der Waals surface area contributed by atoms with E-state index in [4.69, 9.17) is 18.9 Å². The van der Waals surface area contributed by atoms with Crippen LogP contribution in [0.3, 0.4) is 0 Å². The van der Waals surface area contributed by atoms with Crippen LogP contribution in [-0.4, -0.2) is 39.2 Å². The average molecular weight is 524 g/mol. The lowest BCUT2D eigenvalue weighted by Crippen LogP contribution is -2.42. The molecule has 1 aromatic heterocycles. The maximum absolute atomic E-state index is 13.8. The minimum absolute atomic E-state index is 0.0251. The molecule has 2 aliphatic carbocycles. The fourth-order valence-electron chi connectivity index (χ4n) is 5.94. The van der Waals surface area contributed by atoms with Crippen LogP contribution in [0.1, 0.15) is 60.8 Å². The molecule has 0 saturated heterocycles. The second-order valence-corrected chi connectivity index (χ2v) is 10.8. The highest BCUT2D eigenvalue weighted by Gasteiger charge is 2.46. The largest absolute Gasteiger partial charge is 0.493 e. The van der Waals surface area contributed by atoms with E-state index in [9.17, 15) is 9.59 Å². The van der Waals surface area contributed by atoms with Crippen molar-refractivity contribution in [2.75, 3.05) is 21.3 Å². The Bertz CT molecular complexity index is 1200. The Morgan fingerprint density at radius 1 is 1.05 bits per heavy atom. The van der Waals surface area contributed by atoms with Gasteiger partial charge in [0.1, 0.15) is 12.0 Å². The van der Waals surface area contributed by atoms with Crippen molar-refractivity contribution in [3.8, 4) is 17.2 Å². The zero-order chi connectivity index (χ0) is 26.1. The van der Waals surface area contributed by atoms with E-state index in [0.29, 0.717) is 41.4 Å². The van der Waals surface area contributed by atoms with E-state index in [1.165, 1.54) is 4.88 Å². The molecule has 2 aromatic rings. The molecule has 0 spiro atoms. The van der Waals surface area contributed by atoms with Crippen LogP contribution in [0.15, 0.2) is 53.2 Å². The second-order valence-electron chi connectivity index (χ2n) is 9.84. The number of ketones is 1. The highest BCUT2D eigenvalue weighted by Crippen LogP contribution is 2.50. The number of carbonyl (C=O) groups excluding carboxylic acids is 2. The number of allylic oxidation sites excluding steroid dienone is 2. The summed E-state index contributed by atoms with van der Waals surface area (Å²) >= 11 is 1.66. The Labute approximate surface area is 221 Å². The first kappa shape index (κ1) is 25.4. The summed E-state index contributed by atoms with van der Waals surface area (Å²) < 4.78 is 22.7. The van der Waals surface area contributed by atoms with Crippen molar-refractivity contribution in [1.29, 1.82) is 0 Å². The van der Waals surface area contributed by atoms with Crippen LogP contribution in [0.4, 0.5) is 0 Å². The number of ether oxygens (including phenoxy) is 4. The molecule has 7 nitrogen and oxygen atoms in total. The summed E-state index contributed by atoms with van der Waals surface area (Å²) in [5.74, 6) is -0.202. The van der Waals surface area contributed by atoms with Gasteiger partial charge in [0, 0.05) is 40.1 Å². The van der Waals surface area contributed by atoms with E-state index in [1.54, 1.807) is 32.7 Å². The molecule has 0 bridgehead atoms. The Balaban J connectivity index is 1.62. The number of rotatable bonds is 7. The van der Waals surface area contributed by atoms with E-state index >= 15 is 0 Å². The molecule has 2 heterocycles. The summed E-state index contributed by atoms with van der Waals surface area (Å²) in [6, 6.07) is 7.73. The molecule has 3 aliphatic rings. The summed E-state index contributed by atoms with van der Waals surface area (Å²) in [4.78, 5) is 28.7. The summed E-state index contributed by atoms with van der Waals surface area (Å²) in [7, 11) is 4.65. The third-order valence-electron chi connectivity index (χ3n) is 7.67. The standard InChI is InChI=1S/C29H33NO6S/c1-16-25(29(32)36-19-8-5-6-9-19)26(18-14-22(33-2)28(35-4)23(15-18)34-3)27-20(30-16)12-17(13-21(27)31)24-10-7-11-37-24/h7,10-11,14-15,17,19,25-26,30H,1,5-6,8-9,12-13H2,2-4H3. The number of benzene rings is 1. The first-order chi connectivity index (χ1) is 17.9.